The molecule has 0 saturated carbocycles. The first-order valence-electron chi connectivity index (χ1n) is 11.0. The fraction of sp³-hybridized carbons (Fsp3) is 0.440. The molecule has 190 valence electrons. The Bertz CT molecular complexity index is 885. The average molecular weight is 484 g/mol. The number of aryl methyl sites for hydroxylation is 1. The summed E-state index contributed by atoms with van der Waals surface area (Å²) in [6.07, 6.45) is -1.67. The van der Waals surface area contributed by atoms with Gasteiger partial charge < -0.3 is 20.1 Å². The maximum atomic E-state index is 11.9. The lowest BCUT2D eigenvalue weighted by Gasteiger charge is -2.25. The molecule has 6 nitrogen and oxygen atoms in total. The van der Waals surface area contributed by atoms with Crippen molar-refractivity contribution in [2.75, 3.05) is 23.8 Å². The van der Waals surface area contributed by atoms with Crippen LogP contribution in [0.15, 0.2) is 49.2 Å². The van der Waals surface area contributed by atoms with E-state index in [2.05, 4.69) is 21.6 Å². The second-order valence-corrected chi connectivity index (χ2v) is 7.34. The summed E-state index contributed by atoms with van der Waals surface area (Å²) in [6, 6.07) is 7.43. The van der Waals surface area contributed by atoms with Crippen molar-refractivity contribution >= 4 is 17.4 Å². The molecule has 0 aliphatic carbocycles. The third kappa shape index (κ3) is 11.2. The largest absolute Gasteiger partial charge is 0.573 e. The van der Waals surface area contributed by atoms with E-state index in [1.807, 2.05) is 45.7 Å². The molecule has 1 aliphatic heterocycles. The monoisotopic (exact) mass is 483 g/mol. The third-order valence-electron chi connectivity index (χ3n) is 4.38. The summed E-state index contributed by atoms with van der Waals surface area (Å²) in [5.41, 5.74) is 2.62. The van der Waals surface area contributed by atoms with Crippen molar-refractivity contribution in [1.29, 1.82) is 0 Å². The molecular weight excluding hydrogens is 447 g/mol. The van der Waals surface area contributed by atoms with Crippen molar-refractivity contribution in [1.82, 2.24) is 4.98 Å². The molecule has 1 aliphatic rings. The van der Waals surface area contributed by atoms with Gasteiger partial charge in [-0.2, -0.15) is 0 Å². The van der Waals surface area contributed by atoms with Gasteiger partial charge in [-0.05, 0) is 50.1 Å². The quantitative estimate of drug-likeness (QED) is 0.519. The number of pyridine rings is 1. The van der Waals surface area contributed by atoms with Crippen LogP contribution in [-0.4, -0.2) is 42.1 Å². The number of allylic oxidation sites excluding steroid dienone is 1. The molecule has 2 unspecified atom stereocenters. The Morgan fingerprint density at radius 1 is 1.24 bits per heavy atom. The summed E-state index contributed by atoms with van der Waals surface area (Å²) in [6.45, 7) is 15.0. The zero-order chi connectivity index (χ0) is 26.5. The van der Waals surface area contributed by atoms with Crippen molar-refractivity contribution < 1.29 is 27.8 Å². The first-order chi connectivity index (χ1) is 15.9. The van der Waals surface area contributed by atoms with E-state index in [1.54, 1.807) is 26.1 Å². The predicted molar refractivity (Wildman–Crippen MR) is 131 cm³/mol. The number of carbonyl (C=O) groups excluding carboxylic acids is 1. The zero-order valence-corrected chi connectivity index (χ0v) is 20.9. The molecule has 0 spiro atoms. The fourth-order valence-corrected chi connectivity index (χ4v) is 2.69. The predicted octanol–water partition coefficient (Wildman–Crippen LogP) is 6.07. The lowest BCUT2D eigenvalue weighted by atomic mass is 9.96. The highest BCUT2D eigenvalue weighted by Crippen LogP contribution is 2.27. The van der Waals surface area contributed by atoms with Gasteiger partial charge in [-0.25, -0.2) is 4.98 Å². The number of amides is 1. The van der Waals surface area contributed by atoms with Crippen LogP contribution in [0.1, 0.15) is 51.7 Å². The van der Waals surface area contributed by atoms with Gasteiger partial charge in [0.25, 0.3) is 0 Å². The topological polar surface area (TPSA) is 74.7 Å². The molecule has 0 fully saturated rings. The number of alkyl halides is 3. The Kier molecular flexibility index (Phi) is 13.6. The van der Waals surface area contributed by atoms with E-state index < -0.39 is 12.5 Å². The number of carbonyl (C=O) groups is 1. The molecule has 3 rings (SSSR count). The van der Waals surface area contributed by atoms with Crippen LogP contribution in [0.25, 0.3) is 0 Å². The number of anilines is 2. The van der Waals surface area contributed by atoms with Gasteiger partial charge >= 0.3 is 6.36 Å². The first-order valence-corrected chi connectivity index (χ1v) is 11.0. The van der Waals surface area contributed by atoms with Crippen LogP contribution < -0.4 is 15.0 Å². The van der Waals surface area contributed by atoms with Crippen molar-refractivity contribution in [3.63, 3.8) is 0 Å². The maximum Gasteiger partial charge on any atom is 0.573 e. The minimum atomic E-state index is -4.67. The molecule has 1 aromatic carbocycles. The number of likely N-dealkylation sites (N-methyl/N-ethyl adjacent to an activating group) is 1. The van der Waals surface area contributed by atoms with Gasteiger partial charge in [0.15, 0.2) is 5.82 Å². The standard InChI is InChI=1S/C11H13F3O2.C9H11N3O.C3H6.C2H6/c1-7(8(2)15)9-3-5-10(6-4-9)16-11(12,13)14;1-6-3-7-9(10-4-6)12(2)5-8(13)11-7;1-3-2;1-2/h3-8,15H,1-2H3;3-4H,5H2,1-2H3,(H,11,13);3H,1H2,2H3;1-2H3. The Morgan fingerprint density at radius 2 is 1.76 bits per heavy atom. The highest BCUT2D eigenvalue weighted by atomic mass is 19.4. The van der Waals surface area contributed by atoms with Gasteiger partial charge in [0.2, 0.25) is 5.91 Å². The lowest BCUT2D eigenvalue weighted by Crippen LogP contribution is -2.36. The molecule has 34 heavy (non-hydrogen) atoms. The molecule has 2 heterocycles. The molecule has 0 bridgehead atoms. The number of fused-ring (bicyclic) bond motifs is 1. The van der Waals surface area contributed by atoms with Gasteiger partial charge in [-0.1, -0.05) is 39.0 Å². The fourth-order valence-electron chi connectivity index (χ4n) is 2.69. The van der Waals surface area contributed by atoms with Crippen molar-refractivity contribution in [2.45, 2.75) is 59.9 Å². The Balaban J connectivity index is 0.000000545. The number of aliphatic hydroxyl groups excluding tert-OH is 1. The highest BCUT2D eigenvalue weighted by Gasteiger charge is 2.31. The van der Waals surface area contributed by atoms with Gasteiger partial charge in [0.05, 0.1) is 18.3 Å². The number of aromatic nitrogens is 1. The second kappa shape index (κ2) is 15.0. The number of hydrogen-bond acceptors (Lipinski definition) is 5. The molecule has 2 aromatic rings. The van der Waals surface area contributed by atoms with E-state index in [0.717, 1.165) is 22.6 Å². The number of hydrogen-bond donors (Lipinski definition) is 2. The minimum absolute atomic E-state index is 0.0161. The van der Waals surface area contributed by atoms with Gasteiger partial charge in [0.1, 0.15) is 5.75 Å². The number of nitrogens with zero attached hydrogens (tertiary/aromatic N) is 2. The van der Waals surface area contributed by atoms with E-state index in [0.29, 0.717) is 6.54 Å². The molecular formula is C25H36F3N3O3. The average Bonchev–Trinajstić information content (AvgIpc) is 2.74. The lowest BCUT2D eigenvalue weighted by molar-refractivity contribution is -0.274. The molecule has 0 radical (unpaired) electrons. The molecule has 2 N–H and O–H groups in total. The Morgan fingerprint density at radius 3 is 2.24 bits per heavy atom. The van der Waals surface area contributed by atoms with Crippen molar-refractivity contribution in [2.24, 2.45) is 0 Å². The van der Waals surface area contributed by atoms with E-state index in [-0.39, 0.29) is 17.6 Å². The summed E-state index contributed by atoms with van der Waals surface area (Å²) in [7, 11) is 1.86. The summed E-state index contributed by atoms with van der Waals surface area (Å²) in [5, 5.41) is 12.1. The molecule has 1 amide bonds. The maximum absolute atomic E-state index is 11.9. The number of aliphatic hydroxyl groups is 1. The van der Waals surface area contributed by atoms with Crippen molar-refractivity contribution in [3.8, 4) is 5.75 Å². The summed E-state index contributed by atoms with van der Waals surface area (Å²) in [4.78, 5) is 17.3. The highest BCUT2D eigenvalue weighted by molar-refractivity contribution is 6.00. The van der Waals surface area contributed by atoms with Gasteiger partial charge in [-0.3, -0.25) is 4.79 Å². The Hall–Kier alpha value is -3.07. The number of nitrogens with one attached hydrogen (secondary N) is 1. The van der Waals surface area contributed by atoms with Crippen LogP contribution in [0.3, 0.4) is 0 Å². The molecule has 9 heteroatoms. The van der Waals surface area contributed by atoms with E-state index in [1.165, 1.54) is 24.3 Å². The summed E-state index contributed by atoms with van der Waals surface area (Å²) >= 11 is 0. The van der Waals surface area contributed by atoms with Crippen LogP contribution in [-0.2, 0) is 4.79 Å². The van der Waals surface area contributed by atoms with Gasteiger partial charge in [-0.15, -0.1) is 19.8 Å². The van der Waals surface area contributed by atoms with E-state index in [9.17, 15) is 23.1 Å². The normalized spacial score (nSPS) is 13.7. The van der Waals surface area contributed by atoms with Crippen LogP contribution in [0.2, 0.25) is 0 Å². The van der Waals surface area contributed by atoms with E-state index >= 15 is 0 Å². The zero-order valence-electron chi connectivity index (χ0n) is 20.9. The van der Waals surface area contributed by atoms with Crippen LogP contribution in [0, 0.1) is 6.92 Å². The van der Waals surface area contributed by atoms with Crippen LogP contribution in [0.4, 0.5) is 24.7 Å². The van der Waals surface area contributed by atoms with Crippen molar-refractivity contribution in [3.05, 3.63) is 60.3 Å². The Labute approximate surface area is 200 Å². The number of ether oxygens (including phenoxy) is 1. The third-order valence-corrected chi connectivity index (χ3v) is 4.38. The first kappa shape index (κ1) is 30.9. The van der Waals surface area contributed by atoms with Crippen LogP contribution >= 0.6 is 0 Å². The summed E-state index contributed by atoms with van der Waals surface area (Å²) < 4.78 is 39.3. The number of rotatable bonds is 3. The van der Waals surface area contributed by atoms with E-state index in [4.69, 9.17) is 0 Å². The smallest absolute Gasteiger partial charge is 0.406 e. The second-order valence-electron chi connectivity index (χ2n) is 7.34. The SMILES string of the molecule is C=CC.CC.CC(O)C(C)c1ccc(OC(F)(F)F)cc1.Cc1cnc2c(c1)NC(=O)CN2C. The van der Waals surface area contributed by atoms with Crippen LogP contribution in [0.5, 0.6) is 5.75 Å². The minimum Gasteiger partial charge on any atom is -0.406 e. The molecule has 0 saturated heterocycles. The van der Waals surface area contributed by atoms with Gasteiger partial charge in [0, 0.05) is 19.2 Å². The molecule has 2 atom stereocenters. The number of benzene rings is 1. The number of halogens is 3. The summed E-state index contributed by atoms with van der Waals surface area (Å²) in [5.74, 6) is 0.474. The molecule has 1 aromatic heterocycles.